The predicted molar refractivity (Wildman–Crippen MR) is 130 cm³/mol. The smallest absolute Gasteiger partial charge is 0.261 e. The summed E-state index contributed by atoms with van der Waals surface area (Å²) in [4.78, 5) is 27.7. The molecule has 3 rings (SSSR count). The minimum absolute atomic E-state index is 0.176. The lowest BCUT2D eigenvalue weighted by Crippen LogP contribution is -2.48. The molecule has 0 radical (unpaired) electrons. The molecule has 1 atom stereocenters. The molecular weight excluding hydrogens is 432 g/mol. The van der Waals surface area contributed by atoms with E-state index in [0.29, 0.717) is 11.5 Å². The lowest BCUT2D eigenvalue weighted by molar-refractivity contribution is -0.142. The van der Waals surface area contributed by atoms with E-state index in [2.05, 4.69) is 5.32 Å². The highest BCUT2D eigenvalue weighted by molar-refractivity contribution is 5.88. The lowest BCUT2D eigenvalue weighted by atomic mass is 10.1. The van der Waals surface area contributed by atoms with E-state index in [1.165, 1.54) is 4.90 Å². The molecule has 178 valence electrons. The van der Waals surface area contributed by atoms with Gasteiger partial charge in [-0.2, -0.15) is 0 Å². The van der Waals surface area contributed by atoms with Crippen molar-refractivity contribution >= 4 is 11.8 Å². The van der Waals surface area contributed by atoms with E-state index in [1.54, 1.807) is 33.3 Å². The van der Waals surface area contributed by atoms with Crippen LogP contribution in [0.3, 0.4) is 0 Å². The molecule has 0 bridgehead atoms. The molecule has 2 amide bonds. The van der Waals surface area contributed by atoms with Gasteiger partial charge >= 0.3 is 0 Å². The van der Waals surface area contributed by atoms with Crippen molar-refractivity contribution in [3.05, 3.63) is 90.0 Å². The zero-order valence-electron chi connectivity index (χ0n) is 19.7. The second-order valence-electron chi connectivity index (χ2n) is 7.68. The number of methoxy groups -OCH3 is 2. The number of carbonyl (C=O) groups excluding carboxylic acids is 2. The summed E-state index contributed by atoms with van der Waals surface area (Å²) in [5.74, 6) is 1.44. The van der Waals surface area contributed by atoms with Gasteiger partial charge in [-0.15, -0.1) is 0 Å². The van der Waals surface area contributed by atoms with Crippen LogP contribution in [-0.2, 0) is 22.7 Å². The molecule has 3 aromatic rings. The van der Waals surface area contributed by atoms with Gasteiger partial charge in [0.1, 0.15) is 23.3 Å². The minimum atomic E-state index is -0.719. The van der Waals surface area contributed by atoms with Crippen LogP contribution in [-0.4, -0.2) is 43.6 Å². The fraction of sp³-hybridized carbons (Fsp3) is 0.259. The summed E-state index contributed by atoms with van der Waals surface area (Å²) < 4.78 is 16.2. The zero-order chi connectivity index (χ0) is 24.3. The molecule has 0 aliphatic heterocycles. The first kappa shape index (κ1) is 24.6. The molecule has 0 spiro atoms. The second kappa shape index (κ2) is 12.3. The first-order chi connectivity index (χ1) is 16.5. The molecule has 3 aromatic carbocycles. The Bertz CT molecular complexity index is 1070. The van der Waals surface area contributed by atoms with Gasteiger partial charge in [-0.1, -0.05) is 48.5 Å². The van der Waals surface area contributed by atoms with Crippen LogP contribution in [0.4, 0.5) is 0 Å². The van der Waals surface area contributed by atoms with Crippen LogP contribution in [0.2, 0.25) is 0 Å². The number of rotatable bonds is 11. The summed E-state index contributed by atoms with van der Waals surface area (Å²) in [6.07, 6.45) is 0. The quantitative estimate of drug-likeness (QED) is 0.469. The van der Waals surface area contributed by atoms with Gasteiger partial charge in [-0.05, 0) is 42.8 Å². The molecule has 0 saturated carbocycles. The van der Waals surface area contributed by atoms with Crippen molar-refractivity contribution in [3.8, 4) is 17.2 Å². The molecule has 0 aliphatic carbocycles. The van der Waals surface area contributed by atoms with Gasteiger partial charge in [0, 0.05) is 18.7 Å². The van der Waals surface area contributed by atoms with Gasteiger partial charge in [-0.3, -0.25) is 9.59 Å². The van der Waals surface area contributed by atoms with Crippen LogP contribution in [0.15, 0.2) is 78.9 Å². The van der Waals surface area contributed by atoms with Gasteiger partial charge in [0.25, 0.3) is 5.91 Å². The van der Waals surface area contributed by atoms with E-state index in [0.717, 1.165) is 16.9 Å². The molecule has 0 aromatic heterocycles. The standard InChI is InChI=1S/C27H30N2O5/c1-20(27(31)28-17-22-9-7-8-12-25(22)33-3)29(18-21-13-15-23(32-2)16-14-21)26(30)19-34-24-10-5-4-6-11-24/h4-16,20H,17-19H2,1-3H3,(H,28,31)/t20-/m1/s1. The van der Waals surface area contributed by atoms with Crippen molar-refractivity contribution in [1.29, 1.82) is 0 Å². The first-order valence-electron chi connectivity index (χ1n) is 11.0. The number of amides is 2. The van der Waals surface area contributed by atoms with Gasteiger partial charge in [0.15, 0.2) is 6.61 Å². The highest BCUT2D eigenvalue weighted by atomic mass is 16.5. The summed E-state index contributed by atoms with van der Waals surface area (Å²) in [7, 11) is 3.19. The molecule has 0 heterocycles. The topological polar surface area (TPSA) is 77.1 Å². The molecule has 0 aliphatic rings. The van der Waals surface area contributed by atoms with E-state index in [-0.39, 0.29) is 31.5 Å². The van der Waals surface area contributed by atoms with E-state index in [4.69, 9.17) is 14.2 Å². The second-order valence-corrected chi connectivity index (χ2v) is 7.68. The number of hydrogen-bond acceptors (Lipinski definition) is 5. The average Bonchev–Trinajstić information content (AvgIpc) is 2.89. The lowest BCUT2D eigenvalue weighted by Gasteiger charge is -2.29. The predicted octanol–water partition coefficient (Wildman–Crippen LogP) is 3.82. The summed E-state index contributed by atoms with van der Waals surface area (Å²) in [5, 5.41) is 2.91. The summed E-state index contributed by atoms with van der Waals surface area (Å²) in [5.41, 5.74) is 1.73. The third kappa shape index (κ3) is 6.75. The SMILES string of the molecule is COc1ccc(CN(C(=O)COc2ccccc2)[C@H](C)C(=O)NCc2ccccc2OC)cc1. The van der Waals surface area contributed by atoms with E-state index in [1.807, 2.05) is 66.7 Å². The van der Waals surface area contributed by atoms with Gasteiger partial charge in [-0.25, -0.2) is 0 Å². The van der Waals surface area contributed by atoms with Gasteiger partial charge < -0.3 is 24.4 Å². The van der Waals surface area contributed by atoms with Crippen molar-refractivity contribution < 1.29 is 23.8 Å². The van der Waals surface area contributed by atoms with Crippen LogP contribution in [0.25, 0.3) is 0 Å². The summed E-state index contributed by atoms with van der Waals surface area (Å²) >= 11 is 0. The van der Waals surface area contributed by atoms with Crippen LogP contribution in [0, 0.1) is 0 Å². The van der Waals surface area contributed by atoms with Crippen LogP contribution >= 0.6 is 0 Å². The third-order valence-corrected chi connectivity index (χ3v) is 5.43. The number of nitrogens with one attached hydrogen (secondary N) is 1. The minimum Gasteiger partial charge on any atom is -0.497 e. The molecule has 34 heavy (non-hydrogen) atoms. The Morgan fingerprint density at radius 3 is 2.21 bits per heavy atom. The third-order valence-electron chi connectivity index (χ3n) is 5.43. The molecule has 0 saturated heterocycles. The van der Waals surface area contributed by atoms with E-state index in [9.17, 15) is 9.59 Å². The number of para-hydroxylation sites is 2. The largest absolute Gasteiger partial charge is 0.497 e. The van der Waals surface area contributed by atoms with E-state index < -0.39 is 6.04 Å². The van der Waals surface area contributed by atoms with E-state index >= 15 is 0 Å². The molecule has 7 nitrogen and oxygen atoms in total. The Morgan fingerprint density at radius 2 is 1.53 bits per heavy atom. The Balaban J connectivity index is 1.71. The zero-order valence-corrected chi connectivity index (χ0v) is 19.7. The maximum absolute atomic E-state index is 13.1. The number of nitrogens with zero attached hydrogens (tertiary/aromatic N) is 1. The molecule has 0 unspecified atom stereocenters. The number of hydrogen-bond donors (Lipinski definition) is 1. The maximum Gasteiger partial charge on any atom is 0.261 e. The molecule has 0 fully saturated rings. The molecular formula is C27H30N2O5. The number of ether oxygens (including phenoxy) is 3. The first-order valence-corrected chi connectivity index (χ1v) is 11.0. The van der Waals surface area contributed by atoms with Gasteiger partial charge in [0.05, 0.1) is 14.2 Å². The summed E-state index contributed by atoms with van der Waals surface area (Å²) in [6.45, 7) is 2.08. The highest BCUT2D eigenvalue weighted by Crippen LogP contribution is 2.18. The van der Waals surface area contributed by atoms with Gasteiger partial charge in [0.2, 0.25) is 5.91 Å². The monoisotopic (exact) mass is 462 g/mol. The Kier molecular flexibility index (Phi) is 8.91. The van der Waals surface area contributed by atoms with Crippen LogP contribution in [0.1, 0.15) is 18.1 Å². The maximum atomic E-state index is 13.1. The Morgan fingerprint density at radius 1 is 0.853 bits per heavy atom. The fourth-order valence-corrected chi connectivity index (χ4v) is 3.43. The fourth-order valence-electron chi connectivity index (χ4n) is 3.43. The number of carbonyl (C=O) groups is 2. The van der Waals surface area contributed by atoms with Crippen LogP contribution in [0.5, 0.6) is 17.2 Å². The molecule has 1 N–H and O–H groups in total. The Labute approximate surface area is 200 Å². The van der Waals surface area contributed by atoms with Crippen molar-refractivity contribution in [1.82, 2.24) is 10.2 Å². The van der Waals surface area contributed by atoms with Crippen molar-refractivity contribution in [2.45, 2.75) is 26.1 Å². The summed E-state index contributed by atoms with van der Waals surface area (Å²) in [6, 6.07) is 23.3. The highest BCUT2D eigenvalue weighted by Gasteiger charge is 2.26. The van der Waals surface area contributed by atoms with Crippen molar-refractivity contribution in [3.63, 3.8) is 0 Å². The van der Waals surface area contributed by atoms with Crippen molar-refractivity contribution in [2.75, 3.05) is 20.8 Å². The normalized spacial score (nSPS) is 11.3. The number of benzene rings is 3. The molecule has 7 heteroatoms. The average molecular weight is 463 g/mol. The van der Waals surface area contributed by atoms with Crippen molar-refractivity contribution in [2.24, 2.45) is 0 Å². The Hall–Kier alpha value is -4.00. The van der Waals surface area contributed by atoms with Crippen LogP contribution < -0.4 is 19.5 Å².